The monoisotopic (exact) mass is 308 g/mol. The van der Waals surface area contributed by atoms with Gasteiger partial charge >= 0.3 is 5.97 Å². The molecule has 0 fully saturated rings. The summed E-state index contributed by atoms with van der Waals surface area (Å²) in [6.45, 7) is 6.16. The second-order valence-corrected chi connectivity index (χ2v) is 6.03. The van der Waals surface area contributed by atoms with Crippen LogP contribution in [-0.2, 0) is 16.0 Å². The third kappa shape index (κ3) is 5.41. The van der Waals surface area contributed by atoms with Crippen LogP contribution >= 0.6 is 0 Å². The van der Waals surface area contributed by atoms with Crippen LogP contribution in [0.5, 0.6) is 0 Å². The Kier molecular flexibility index (Phi) is 6.16. The zero-order chi connectivity index (χ0) is 16.7. The summed E-state index contributed by atoms with van der Waals surface area (Å²) in [6.07, 6.45) is 2.94. The Bertz CT molecular complexity index is 669. The Morgan fingerprint density at radius 1 is 1.04 bits per heavy atom. The molecule has 2 aromatic rings. The van der Waals surface area contributed by atoms with E-state index in [1.807, 2.05) is 24.3 Å². The molecule has 0 radical (unpaired) electrons. The zero-order valence-corrected chi connectivity index (χ0v) is 14.1. The lowest BCUT2D eigenvalue weighted by molar-refractivity contribution is -0.139. The van der Waals surface area contributed by atoms with Gasteiger partial charge in [-0.1, -0.05) is 74.5 Å². The topological polar surface area (TPSA) is 26.3 Å². The first kappa shape index (κ1) is 17.0. The van der Waals surface area contributed by atoms with Crippen molar-refractivity contribution in [2.45, 2.75) is 33.1 Å². The van der Waals surface area contributed by atoms with E-state index in [-0.39, 0.29) is 5.97 Å². The number of rotatable bonds is 6. The molecule has 0 aliphatic heterocycles. The first-order valence-corrected chi connectivity index (χ1v) is 8.02. The van der Waals surface area contributed by atoms with Gasteiger partial charge in [0.25, 0.3) is 0 Å². The smallest absolute Gasteiger partial charge is 0.302 e. The Hall–Kier alpha value is -2.35. The molecule has 0 aliphatic rings. The van der Waals surface area contributed by atoms with Crippen molar-refractivity contribution in [1.29, 1.82) is 0 Å². The van der Waals surface area contributed by atoms with Crippen LogP contribution in [0.2, 0.25) is 0 Å². The van der Waals surface area contributed by atoms with E-state index >= 15 is 0 Å². The molecule has 23 heavy (non-hydrogen) atoms. The van der Waals surface area contributed by atoms with Crippen molar-refractivity contribution in [3.63, 3.8) is 0 Å². The largest absolute Gasteiger partial charge is 0.461 e. The van der Waals surface area contributed by atoms with E-state index in [4.69, 9.17) is 4.74 Å². The van der Waals surface area contributed by atoms with Gasteiger partial charge in [-0.15, -0.1) is 0 Å². The molecule has 0 spiro atoms. The quantitative estimate of drug-likeness (QED) is 0.702. The number of ether oxygens (including phenoxy) is 1. The lowest BCUT2D eigenvalue weighted by Gasteiger charge is -2.13. The number of esters is 1. The van der Waals surface area contributed by atoms with Gasteiger partial charge in [0, 0.05) is 6.92 Å². The number of carbonyl (C=O) groups excluding carboxylic acids is 1. The van der Waals surface area contributed by atoms with E-state index in [0.29, 0.717) is 12.5 Å². The highest BCUT2D eigenvalue weighted by Gasteiger charge is 2.07. The minimum absolute atomic E-state index is 0.249. The van der Waals surface area contributed by atoms with Crippen molar-refractivity contribution >= 4 is 12.0 Å². The highest BCUT2D eigenvalue weighted by atomic mass is 16.5. The molecule has 120 valence electrons. The fourth-order valence-electron chi connectivity index (χ4n) is 2.58. The minimum Gasteiger partial charge on any atom is -0.461 e. The first-order valence-electron chi connectivity index (χ1n) is 8.02. The zero-order valence-electron chi connectivity index (χ0n) is 14.1. The van der Waals surface area contributed by atoms with Crippen molar-refractivity contribution in [1.82, 2.24) is 0 Å². The Balaban J connectivity index is 2.30. The molecule has 2 nitrogen and oxygen atoms in total. The van der Waals surface area contributed by atoms with Gasteiger partial charge < -0.3 is 4.74 Å². The van der Waals surface area contributed by atoms with Gasteiger partial charge in [-0.3, -0.25) is 4.79 Å². The summed E-state index contributed by atoms with van der Waals surface area (Å²) in [5.74, 6) is 0.204. The van der Waals surface area contributed by atoms with Crippen LogP contribution in [0.4, 0.5) is 0 Å². The number of carbonyl (C=O) groups is 1. The van der Waals surface area contributed by atoms with Crippen LogP contribution in [0, 0.1) is 0 Å². The molecule has 2 aromatic carbocycles. The molecule has 2 rings (SSSR count). The lowest BCUT2D eigenvalue weighted by Crippen LogP contribution is -2.06. The van der Waals surface area contributed by atoms with Gasteiger partial charge in [0.1, 0.15) is 6.61 Å². The van der Waals surface area contributed by atoms with E-state index in [1.54, 1.807) is 0 Å². The molecule has 0 atom stereocenters. The second kappa shape index (κ2) is 8.33. The van der Waals surface area contributed by atoms with Crippen LogP contribution in [0.25, 0.3) is 6.08 Å². The van der Waals surface area contributed by atoms with Gasteiger partial charge in [0.15, 0.2) is 0 Å². The van der Waals surface area contributed by atoms with Gasteiger partial charge in [0.05, 0.1) is 0 Å². The molecular formula is C21H24O2. The summed E-state index contributed by atoms with van der Waals surface area (Å²) in [7, 11) is 0. The Morgan fingerprint density at radius 2 is 1.70 bits per heavy atom. The standard InChI is InChI=1S/C21H24O2/c1-16(2)21-12-8-7-11-20(21)14-19(15-23-17(3)22)13-18-9-5-4-6-10-18/h4-12,14,16H,13,15H2,1-3H3. The van der Waals surface area contributed by atoms with Crippen molar-refractivity contribution in [3.8, 4) is 0 Å². The van der Waals surface area contributed by atoms with Crippen molar-refractivity contribution in [2.75, 3.05) is 6.61 Å². The third-order valence-corrected chi connectivity index (χ3v) is 3.71. The average Bonchev–Trinajstić information content (AvgIpc) is 2.54. The molecular weight excluding hydrogens is 284 g/mol. The van der Waals surface area contributed by atoms with Crippen molar-refractivity contribution in [3.05, 3.63) is 76.9 Å². The SMILES string of the molecule is CC(=O)OCC(=Cc1ccccc1C(C)C)Cc1ccccc1. The normalized spacial score (nSPS) is 11.6. The molecule has 0 saturated carbocycles. The van der Waals surface area contributed by atoms with E-state index < -0.39 is 0 Å². The third-order valence-electron chi connectivity index (χ3n) is 3.71. The van der Waals surface area contributed by atoms with Crippen LogP contribution in [0.15, 0.2) is 60.2 Å². The number of hydrogen-bond donors (Lipinski definition) is 0. The van der Waals surface area contributed by atoms with Crippen molar-refractivity contribution < 1.29 is 9.53 Å². The molecule has 0 heterocycles. The van der Waals surface area contributed by atoms with Crippen LogP contribution in [0.3, 0.4) is 0 Å². The highest BCUT2D eigenvalue weighted by Crippen LogP contribution is 2.22. The maximum Gasteiger partial charge on any atom is 0.302 e. The molecule has 0 bridgehead atoms. The predicted molar refractivity (Wildman–Crippen MR) is 95.3 cm³/mol. The summed E-state index contributed by atoms with van der Waals surface area (Å²) in [4.78, 5) is 11.2. The number of hydrogen-bond acceptors (Lipinski definition) is 2. The van der Waals surface area contributed by atoms with Gasteiger partial charge in [-0.05, 0) is 34.6 Å². The van der Waals surface area contributed by atoms with E-state index in [0.717, 1.165) is 12.0 Å². The molecule has 0 aromatic heterocycles. The van der Waals surface area contributed by atoms with Crippen LogP contribution in [0.1, 0.15) is 43.4 Å². The van der Waals surface area contributed by atoms with E-state index in [1.165, 1.54) is 23.6 Å². The molecule has 2 heteroatoms. The summed E-state index contributed by atoms with van der Waals surface area (Å²) in [5, 5.41) is 0. The summed E-state index contributed by atoms with van der Waals surface area (Å²) < 4.78 is 5.24. The summed E-state index contributed by atoms with van der Waals surface area (Å²) in [5.41, 5.74) is 4.81. The Labute approximate surface area is 138 Å². The Morgan fingerprint density at radius 3 is 2.35 bits per heavy atom. The maximum atomic E-state index is 11.2. The van der Waals surface area contributed by atoms with E-state index in [9.17, 15) is 4.79 Å². The average molecular weight is 308 g/mol. The van der Waals surface area contributed by atoms with Gasteiger partial charge in [0.2, 0.25) is 0 Å². The van der Waals surface area contributed by atoms with Gasteiger partial charge in [-0.25, -0.2) is 0 Å². The van der Waals surface area contributed by atoms with Crippen molar-refractivity contribution in [2.24, 2.45) is 0 Å². The molecule has 0 unspecified atom stereocenters. The van der Waals surface area contributed by atoms with E-state index in [2.05, 4.69) is 50.3 Å². The lowest BCUT2D eigenvalue weighted by atomic mass is 9.94. The van der Waals surface area contributed by atoms with Crippen LogP contribution in [-0.4, -0.2) is 12.6 Å². The fourth-order valence-corrected chi connectivity index (χ4v) is 2.58. The first-order chi connectivity index (χ1) is 11.1. The highest BCUT2D eigenvalue weighted by molar-refractivity contribution is 5.66. The van der Waals surface area contributed by atoms with Gasteiger partial charge in [-0.2, -0.15) is 0 Å². The van der Waals surface area contributed by atoms with Crippen LogP contribution < -0.4 is 0 Å². The predicted octanol–water partition coefficient (Wildman–Crippen LogP) is 5.00. The number of benzene rings is 2. The fraction of sp³-hybridized carbons (Fsp3) is 0.286. The second-order valence-electron chi connectivity index (χ2n) is 6.03. The minimum atomic E-state index is -0.249. The summed E-state index contributed by atoms with van der Waals surface area (Å²) >= 11 is 0. The molecule has 0 amide bonds. The molecule has 0 N–H and O–H groups in total. The summed E-state index contributed by atoms with van der Waals surface area (Å²) in [6, 6.07) is 18.6. The molecule has 0 aliphatic carbocycles. The maximum absolute atomic E-state index is 11.2. The molecule has 0 saturated heterocycles.